The SMILES string of the molecule is CCc1cccc(CNCC(O)C(Cc2cc(F)cc(F)c2)Sc2scnc2C)c1. The predicted molar refractivity (Wildman–Crippen MR) is 120 cm³/mol. The third-order valence-corrected chi connectivity index (χ3v) is 7.42. The molecule has 3 rings (SSSR count). The molecule has 3 aromatic rings. The number of aromatic nitrogens is 1. The molecule has 1 aromatic heterocycles. The lowest BCUT2D eigenvalue weighted by Crippen LogP contribution is -2.35. The summed E-state index contributed by atoms with van der Waals surface area (Å²) in [6, 6.07) is 11.9. The molecule has 0 aliphatic carbocycles. The summed E-state index contributed by atoms with van der Waals surface area (Å²) in [5.41, 5.74) is 5.63. The Morgan fingerprint density at radius 3 is 2.50 bits per heavy atom. The van der Waals surface area contributed by atoms with Gasteiger partial charge in [-0.2, -0.15) is 0 Å². The number of hydrogen-bond donors (Lipinski definition) is 2. The van der Waals surface area contributed by atoms with Crippen LogP contribution >= 0.6 is 23.1 Å². The molecule has 0 spiro atoms. The number of thiazole rings is 1. The Hall–Kier alpha value is -1.80. The van der Waals surface area contributed by atoms with Gasteiger partial charge in [-0.05, 0) is 48.6 Å². The summed E-state index contributed by atoms with van der Waals surface area (Å²) in [6.45, 7) is 5.07. The maximum absolute atomic E-state index is 13.6. The van der Waals surface area contributed by atoms with Crippen molar-refractivity contribution >= 4 is 23.1 Å². The van der Waals surface area contributed by atoms with Gasteiger partial charge >= 0.3 is 0 Å². The number of rotatable bonds is 10. The summed E-state index contributed by atoms with van der Waals surface area (Å²) >= 11 is 3.02. The van der Waals surface area contributed by atoms with Crippen molar-refractivity contribution in [3.8, 4) is 0 Å². The molecule has 30 heavy (non-hydrogen) atoms. The highest BCUT2D eigenvalue weighted by Gasteiger charge is 2.23. The first-order chi connectivity index (χ1) is 14.4. The van der Waals surface area contributed by atoms with Gasteiger partial charge in [0.1, 0.15) is 11.6 Å². The fourth-order valence-corrected chi connectivity index (χ4v) is 5.49. The second-order valence-corrected chi connectivity index (χ2v) is 9.60. The quantitative estimate of drug-likeness (QED) is 0.421. The van der Waals surface area contributed by atoms with Crippen LogP contribution in [0.25, 0.3) is 0 Å². The molecule has 2 N–H and O–H groups in total. The lowest BCUT2D eigenvalue weighted by molar-refractivity contribution is 0.167. The van der Waals surface area contributed by atoms with Crippen molar-refractivity contribution in [2.24, 2.45) is 0 Å². The van der Waals surface area contributed by atoms with Crippen LogP contribution in [0.2, 0.25) is 0 Å². The van der Waals surface area contributed by atoms with E-state index in [2.05, 4.69) is 35.4 Å². The number of nitrogens with one attached hydrogen (secondary N) is 1. The second-order valence-electron chi connectivity index (χ2n) is 7.24. The molecule has 0 aliphatic heterocycles. The third kappa shape index (κ3) is 6.60. The molecule has 2 atom stereocenters. The van der Waals surface area contributed by atoms with E-state index in [0.717, 1.165) is 28.0 Å². The number of thioether (sulfide) groups is 1. The molecular weight excluding hydrogens is 422 g/mol. The minimum atomic E-state index is -0.697. The van der Waals surface area contributed by atoms with Gasteiger partial charge in [0.25, 0.3) is 0 Å². The highest BCUT2D eigenvalue weighted by Crippen LogP contribution is 2.33. The molecule has 0 aliphatic rings. The van der Waals surface area contributed by atoms with E-state index in [1.807, 2.05) is 13.0 Å². The van der Waals surface area contributed by atoms with Gasteiger partial charge in [0, 0.05) is 24.4 Å². The van der Waals surface area contributed by atoms with E-state index in [1.54, 1.807) is 5.51 Å². The average Bonchev–Trinajstić information content (AvgIpc) is 3.11. The molecule has 0 saturated carbocycles. The average molecular weight is 449 g/mol. The van der Waals surface area contributed by atoms with E-state index in [-0.39, 0.29) is 5.25 Å². The minimum absolute atomic E-state index is 0.264. The number of aryl methyl sites for hydroxylation is 2. The maximum Gasteiger partial charge on any atom is 0.126 e. The highest BCUT2D eigenvalue weighted by atomic mass is 32.2. The zero-order valence-electron chi connectivity index (χ0n) is 17.1. The van der Waals surface area contributed by atoms with E-state index in [0.29, 0.717) is 25.1 Å². The normalized spacial score (nSPS) is 13.4. The van der Waals surface area contributed by atoms with Crippen molar-refractivity contribution in [3.05, 3.63) is 82.0 Å². The summed E-state index contributed by atoms with van der Waals surface area (Å²) in [4.78, 5) is 4.26. The molecular formula is C23H26F2N2OS2. The summed E-state index contributed by atoms with van der Waals surface area (Å²) in [6.07, 6.45) is 0.635. The van der Waals surface area contributed by atoms with Crippen molar-refractivity contribution < 1.29 is 13.9 Å². The monoisotopic (exact) mass is 448 g/mol. The van der Waals surface area contributed by atoms with E-state index < -0.39 is 17.7 Å². The molecule has 1 heterocycles. The van der Waals surface area contributed by atoms with Crippen LogP contribution in [0.1, 0.15) is 29.3 Å². The predicted octanol–water partition coefficient (Wildman–Crippen LogP) is 5.15. The number of halogens is 2. The van der Waals surface area contributed by atoms with Gasteiger partial charge in [-0.3, -0.25) is 0 Å². The smallest absolute Gasteiger partial charge is 0.126 e. The molecule has 0 radical (unpaired) electrons. The Kier molecular flexibility index (Phi) is 8.39. The Labute approximate surface area is 184 Å². The zero-order chi connectivity index (χ0) is 21.5. The number of benzene rings is 2. The molecule has 0 amide bonds. The summed E-state index contributed by atoms with van der Waals surface area (Å²) < 4.78 is 28.3. The van der Waals surface area contributed by atoms with Crippen molar-refractivity contribution in [2.75, 3.05) is 6.54 Å². The number of nitrogens with zero attached hydrogens (tertiary/aromatic N) is 1. The van der Waals surface area contributed by atoms with Crippen LogP contribution in [0, 0.1) is 18.6 Å². The van der Waals surface area contributed by atoms with E-state index in [4.69, 9.17) is 0 Å². The molecule has 2 unspecified atom stereocenters. The van der Waals surface area contributed by atoms with E-state index >= 15 is 0 Å². The topological polar surface area (TPSA) is 45.1 Å². The fraction of sp³-hybridized carbons (Fsp3) is 0.348. The fourth-order valence-electron chi connectivity index (χ4n) is 3.21. The molecule has 7 heteroatoms. The molecule has 3 nitrogen and oxygen atoms in total. The first-order valence-corrected chi connectivity index (χ1v) is 11.7. The van der Waals surface area contributed by atoms with Crippen LogP contribution in [0.3, 0.4) is 0 Å². The van der Waals surface area contributed by atoms with Crippen molar-refractivity contribution in [3.63, 3.8) is 0 Å². The first-order valence-electron chi connectivity index (χ1n) is 9.93. The van der Waals surface area contributed by atoms with Gasteiger partial charge in [-0.25, -0.2) is 13.8 Å². The van der Waals surface area contributed by atoms with Crippen molar-refractivity contribution in [2.45, 2.75) is 48.8 Å². The second kappa shape index (κ2) is 11.0. The van der Waals surface area contributed by atoms with Crippen LogP contribution in [-0.4, -0.2) is 28.0 Å². The highest BCUT2D eigenvalue weighted by molar-refractivity contribution is 8.01. The summed E-state index contributed by atoms with van der Waals surface area (Å²) in [7, 11) is 0. The van der Waals surface area contributed by atoms with Gasteiger partial charge in [-0.1, -0.05) is 31.2 Å². The van der Waals surface area contributed by atoms with Crippen molar-refractivity contribution in [1.82, 2.24) is 10.3 Å². The lowest BCUT2D eigenvalue weighted by Gasteiger charge is -2.23. The molecule has 2 aromatic carbocycles. The third-order valence-electron chi connectivity index (χ3n) is 4.83. The van der Waals surface area contributed by atoms with Gasteiger partial charge in [0.05, 0.1) is 21.5 Å². The Morgan fingerprint density at radius 1 is 1.10 bits per heavy atom. The molecule has 0 fully saturated rings. The van der Waals surface area contributed by atoms with Crippen LogP contribution < -0.4 is 5.32 Å². The standard InChI is InChI=1S/C23H26F2N2OS2/c1-3-16-5-4-6-17(7-16)12-26-13-21(28)22(30-23-15(2)27-14-29-23)10-18-8-19(24)11-20(25)9-18/h4-9,11,14,21-22,26,28H,3,10,12-13H2,1-2H3. The number of aliphatic hydroxyl groups excluding tert-OH is 1. The van der Waals surface area contributed by atoms with E-state index in [9.17, 15) is 13.9 Å². The lowest BCUT2D eigenvalue weighted by atomic mass is 10.1. The Morgan fingerprint density at radius 2 is 1.83 bits per heavy atom. The first kappa shape index (κ1) is 22.9. The number of hydrogen-bond acceptors (Lipinski definition) is 5. The molecule has 0 bridgehead atoms. The van der Waals surface area contributed by atoms with Gasteiger partial charge < -0.3 is 10.4 Å². The van der Waals surface area contributed by atoms with Crippen LogP contribution in [0.4, 0.5) is 8.78 Å². The minimum Gasteiger partial charge on any atom is -0.391 e. The zero-order valence-corrected chi connectivity index (χ0v) is 18.7. The molecule has 0 saturated heterocycles. The van der Waals surface area contributed by atoms with Crippen LogP contribution in [-0.2, 0) is 19.4 Å². The van der Waals surface area contributed by atoms with E-state index in [1.165, 1.54) is 40.8 Å². The van der Waals surface area contributed by atoms with Crippen molar-refractivity contribution in [1.29, 1.82) is 0 Å². The van der Waals surface area contributed by atoms with Gasteiger partial charge in [0.15, 0.2) is 0 Å². The largest absolute Gasteiger partial charge is 0.391 e. The number of aliphatic hydroxyl groups is 1. The summed E-state index contributed by atoms with van der Waals surface area (Å²) in [5, 5.41) is 13.9. The summed E-state index contributed by atoms with van der Waals surface area (Å²) in [5.74, 6) is -1.21. The Bertz CT molecular complexity index is 944. The van der Waals surface area contributed by atoms with Crippen LogP contribution in [0.15, 0.2) is 52.2 Å². The van der Waals surface area contributed by atoms with Gasteiger partial charge in [0.2, 0.25) is 0 Å². The Balaban J connectivity index is 1.67. The maximum atomic E-state index is 13.6. The van der Waals surface area contributed by atoms with Gasteiger partial charge in [-0.15, -0.1) is 23.1 Å². The molecule has 160 valence electrons. The van der Waals surface area contributed by atoms with Crippen LogP contribution in [0.5, 0.6) is 0 Å².